The molecule has 1 aromatic heterocycles. The van der Waals surface area contributed by atoms with Gasteiger partial charge < -0.3 is 19.6 Å². The molecule has 0 aliphatic carbocycles. The van der Waals surface area contributed by atoms with Crippen molar-refractivity contribution in [3.8, 4) is 5.75 Å². The minimum absolute atomic E-state index is 0.0773. The molecule has 1 fully saturated rings. The summed E-state index contributed by atoms with van der Waals surface area (Å²) in [6.45, 7) is 1.28. The number of amides is 1. The number of pyridine rings is 1. The number of hydrogen-bond acceptors (Lipinski definition) is 5. The van der Waals surface area contributed by atoms with Crippen LogP contribution in [0.3, 0.4) is 0 Å². The van der Waals surface area contributed by atoms with Crippen molar-refractivity contribution >= 4 is 17.4 Å². The first-order chi connectivity index (χ1) is 13.9. The number of quaternary nitrogens is 1. The molecule has 2 heterocycles. The van der Waals surface area contributed by atoms with Crippen molar-refractivity contribution < 1.29 is 24.3 Å². The van der Waals surface area contributed by atoms with Gasteiger partial charge in [-0.05, 0) is 23.8 Å². The normalized spacial score (nSPS) is 18.5. The first-order valence-corrected chi connectivity index (χ1v) is 9.55. The Morgan fingerprint density at radius 1 is 1.24 bits per heavy atom. The van der Waals surface area contributed by atoms with Gasteiger partial charge in [0.25, 0.3) is 11.7 Å². The lowest BCUT2D eigenvalue weighted by molar-refractivity contribution is -0.858. The highest BCUT2D eigenvalue weighted by Gasteiger charge is 2.46. The predicted octanol–water partition coefficient (Wildman–Crippen LogP) is 1.05. The van der Waals surface area contributed by atoms with Crippen LogP contribution in [0.4, 0.5) is 0 Å². The average Bonchev–Trinajstić information content (AvgIpc) is 2.98. The molecule has 0 unspecified atom stereocenters. The molecule has 0 saturated carbocycles. The van der Waals surface area contributed by atoms with E-state index in [0.29, 0.717) is 23.4 Å². The van der Waals surface area contributed by atoms with E-state index in [1.165, 1.54) is 16.9 Å². The summed E-state index contributed by atoms with van der Waals surface area (Å²) in [7, 11) is 5.60. The first-order valence-electron chi connectivity index (χ1n) is 9.55. The van der Waals surface area contributed by atoms with Gasteiger partial charge in [0.15, 0.2) is 0 Å². The molecule has 1 saturated heterocycles. The number of aliphatic hydroxyl groups is 1. The Morgan fingerprint density at radius 2 is 2.03 bits per heavy atom. The molecule has 3 rings (SSSR count). The van der Waals surface area contributed by atoms with Crippen LogP contribution in [0.25, 0.3) is 5.76 Å². The van der Waals surface area contributed by atoms with Crippen LogP contribution in [0.5, 0.6) is 5.75 Å². The van der Waals surface area contributed by atoms with Crippen LogP contribution >= 0.6 is 0 Å². The van der Waals surface area contributed by atoms with E-state index in [1.807, 2.05) is 20.2 Å². The van der Waals surface area contributed by atoms with Gasteiger partial charge in [0.2, 0.25) is 0 Å². The number of carbonyl (C=O) groups is 2. The van der Waals surface area contributed by atoms with Crippen LogP contribution in [-0.4, -0.2) is 61.0 Å². The minimum Gasteiger partial charge on any atom is -0.507 e. The number of Topliss-reactive ketones (excluding diaryl/α,β-unsaturated/α-hetero) is 1. The summed E-state index contributed by atoms with van der Waals surface area (Å²) < 4.78 is 5.22. The quantitative estimate of drug-likeness (QED) is 0.415. The fourth-order valence-electron chi connectivity index (χ4n) is 3.52. The van der Waals surface area contributed by atoms with Crippen LogP contribution in [-0.2, 0) is 9.59 Å². The number of aliphatic hydroxyl groups excluding tert-OH is 1. The van der Waals surface area contributed by atoms with Crippen molar-refractivity contribution in [1.82, 2.24) is 9.88 Å². The molecule has 1 aromatic carbocycles. The van der Waals surface area contributed by atoms with Crippen molar-refractivity contribution in [1.29, 1.82) is 0 Å². The Bertz CT molecular complexity index is 925. The fraction of sp³-hybridized carbons (Fsp3) is 0.318. The van der Waals surface area contributed by atoms with Gasteiger partial charge >= 0.3 is 0 Å². The third kappa shape index (κ3) is 4.30. The molecule has 2 aromatic rings. The maximum absolute atomic E-state index is 12.9. The van der Waals surface area contributed by atoms with Gasteiger partial charge in [-0.1, -0.05) is 18.2 Å². The summed E-state index contributed by atoms with van der Waals surface area (Å²) in [6.07, 6.45) is 4.00. The standard InChI is InChI=1S/C22H25N3O4/c1-24(2)11-6-12-25-19(16-8-5-10-23-14-16)18(21(27)22(25)28)20(26)15-7-4-9-17(13-15)29-3/h4-5,7-10,13-14,19,26H,6,11-12H2,1-3H3/p+1/b20-18+/t19-/m1/s1. The lowest BCUT2D eigenvalue weighted by Crippen LogP contribution is -3.05. The predicted molar refractivity (Wildman–Crippen MR) is 109 cm³/mol. The van der Waals surface area contributed by atoms with E-state index in [0.717, 1.165) is 13.0 Å². The molecule has 7 heteroatoms. The van der Waals surface area contributed by atoms with Gasteiger partial charge in [-0.3, -0.25) is 14.6 Å². The number of hydrogen-bond donors (Lipinski definition) is 2. The third-order valence-electron chi connectivity index (χ3n) is 4.96. The Hall–Kier alpha value is -3.19. The third-order valence-corrected chi connectivity index (χ3v) is 4.96. The molecule has 1 aliphatic rings. The van der Waals surface area contributed by atoms with Gasteiger partial charge in [-0.25, -0.2) is 0 Å². The first kappa shape index (κ1) is 20.5. The molecule has 1 amide bonds. The van der Waals surface area contributed by atoms with Crippen LogP contribution in [0.1, 0.15) is 23.6 Å². The molecule has 152 valence electrons. The van der Waals surface area contributed by atoms with Crippen molar-refractivity contribution in [2.45, 2.75) is 12.5 Å². The molecule has 29 heavy (non-hydrogen) atoms. The molecule has 0 spiro atoms. The van der Waals surface area contributed by atoms with Gasteiger partial charge in [-0.2, -0.15) is 0 Å². The van der Waals surface area contributed by atoms with Gasteiger partial charge in [0.1, 0.15) is 11.5 Å². The van der Waals surface area contributed by atoms with E-state index in [4.69, 9.17) is 4.74 Å². The number of ketones is 1. The van der Waals surface area contributed by atoms with Gasteiger partial charge in [0.05, 0.1) is 39.4 Å². The lowest BCUT2D eigenvalue weighted by Gasteiger charge is -2.25. The lowest BCUT2D eigenvalue weighted by atomic mass is 9.96. The largest absolute Gasteiger partial charge is 0.507 e. The number of ether oxygens (including phenoxy) is 1. The summed E-state index contributed by atoms with van der Waals surface area (Å²) >= 11 is 0. The monoisotopic (exact) mass is 396 g/mol. The highest BCUT2D eigenvalue weighted by Crippen LogP contribution is 2.39. The Kier molecular flexibility index (Phi) is 6.29. The Balaban J connectivity index is 2.07. The smallest absolute Gasteiger partial charge is 0.295 e. The van der Waals surface area contributed by atoms with E-state index in [9.17, 15) is 14.7 Å². The molecule has 0 radical (unpaired) electrons. The maximum atomic E-state index is 12.9. The summed E-state index contributed by atoms with van der Waals surface area (Å²) in [4.78, 5) is 32.6. The van der Waals surface area contributed by atoms with E-state index >= 15 is 0 Å². The van der Waals surface area contributed by atoms with Crippen LogP contribution in [0, 0.1) is 0 Å². The number of rotatable bonds is 7. The zero-order chi connectivity index (χ0) is 21.0. The number of benzene rings is 1. The summed E-state index contributed by atoms with van der Waals surface area (Å²) in [5, 5.41) is 11.0. The number of carbonyl (C=O) groups excluding carboxylic acids is 2. The number of nitrogens with zero attached hydrogens (tertiary/aromatic N) is 2. The molecule has 0 bridgehead atoms. The zero-order valence-electron chi connectivity index (χ0n) is 16.9. The van der Waals surface area contributed by atoms with E-state index in [-0.39, 0.29) is 11.3 Å². The van der Waals surface area contributed by atoms with E-state index < -0.39 is 17.7 Å². The molecular weight excluding hydrogens is 370 g/mol. The number of aromatic nitrogens is 1. The Labute approximate surface area is 170 Å². The van der Waals surface area contributed by atoms with E-state index in [2.05, 4.69) is 4.98 Å². The van der Waals surface area contributed by atoms with E-state index in [1.54, 1.807) is 42.7 Å². The fourth-order valence-corrected chi connectivity index (χ4v) is 3.52. The van der Waals surface area contributed by atoms with Crippen molar-refractivity contribution in [2.24, 2.45) is 0 Å². The van der Waals surface area contributed by atoms with Crippen LogP contribution in [0.2, 0.25) is 0 Å². The second-order valence-corrected chi connectivity index (χ2v) is 7.32. The summed E-state index contributed by atoms with van der Waals surface area (Å²) in [5.41, 5.74) is 1.19. The number of likely N-dealkylation sites (tertiary alicyclic amines) is 1. The maximum Gasteiger partial charge on any atom is 0.295 e. The number of methoxy groups -OCH3 is 1. The highest BCUT2D eigenvalue weighted by molar-refractivity contribution is 6.46. The van der Waals surface area contributed by atoms with Crippen molar-refractivity contribution in [3.63, 3.8) is 0 Å². The average molecular weight is 396 g/mol. The SMILES string of the molecule is COc1cccc(/C(O)=C2\C(=O)C(=O)N(CCC[NH+](C)C)[C@@H]2c2cccnc2)c1. The Morgan fingerprint density at radius 3 is 2.69 bits per heavy atom. The topological polar surface area (TPSA) is 84.2 Å². The van der Waals surface area contributed by atoms with Crippen LogP contribution < -0.4 is 9.64 Å². The van der Waals surface area contributed by atoms with Gasteiger partial charge in [0, 0.05) is 30.9 Å². The second kappa shape index (κ2) is 8.87. The molecule has 1 atom stereocenters. The highest BCUT2D eigenvalue weighted by atomic mass is 16.5. The minimum atomic E-state index is -0.684. The molecule has 7 nitrogen and oxygen atoms in total. The molecular formula is C22H26N3O4+. The zero-order valence-corrected chi connectivity index (χ0v) is 16.9. The summed E-state index contributed by atoms with van der Waals surface area (Å²) in [5.74, 6) is -0.944. The number of nitrogens with one attached hydrogen (secondary N) is 1. The summed E-state index contributed by atoms with van der Waals surface area (Å²) in [6, 6.07) is 9.68. The van der Waals surface area contributed by atoms with Crippen molar-refractivity contribution in [2.75, 3.05) is 34.3 Å². The molecule has 2 N–H and O–H groups in total. The van der Waals surface area contributed by atoms with Gasteiger partial charge in [-0.15, -0.1) is 0 Å². The van der Waals surface area contributed by atoms with Crippen molar-refractivity contribution in [3.05, 3.63) is 65.5 Å². The van der Waals surface area contributed by atoms with Crippen LogP contribution in [0.15, 0.2) is 54.4 Å². The second-order valence-electron chi connectivity index (χ2n) is 7.32. The molecule has 1 aliphatic heterocycles.